The predicted octanol–water partition coefficient (Wildman–Crippen LogP) is -0.908. The van der Waals surface area contributed by atoms with E-state index in [1.54, 1.807) is 6.92 Å². The third-order valence-electron chi connectivity index (χ3n) is 2.79. The Bertz CT molecular complexity index is 369. The van der Waals surface area contributed by atoms with Crippen molar-refractivity contribution in [2.75, 3.05) is 0 Å². The maximum absolute atomic E-state index is 11.2. The molecule has 1 fully saturated rings. The third-order valence-corrected chi connectivity index (χ3v) is 2.79. The summed E-state index contributed by atoms with van der Waals surface area (Å²) >= 11 is 0. The highest BCUT2D eigenvalue weighted by atomic mass is 16.7. The van der Waals surface area contributed by atoms with E-state index in [0.717, 1.165) is 6.92 Å². The molecule has 1 aliphatic rings. The molecule has 5 atom stereocenters. The monoisotopic (exact) mass is 289 g/mol. The summed E-state index contributed by atoms with van der Waals surface area (Å²) in [5, 5.41) is 12.4. The van der Waals surface area contributed by atoms with Gasteiger partial charge in [0.05, 0.1) is 12.1 Å². The van der Waals surface area contributed by atoms with Gasteiger partial charge in [0.15, 0.2) is 18.5 Å². The minimum Gasteiger partial charge on any atom is -0.456 e. The van der Waals surface area contributed by atoms with Crippen molar-refractivity contribution in [2.24, 2.45) is 0 Å². The maximum Gasteiger partial charge on any atom is 0.303 e. The molecule has 0 spiro atoms. The van der Waals surface area contributed by atoms with E-state index in [0.29, 0.717) is 0 Å². The zero-order valence-electron chi connectivity index (χ0n) is 11.8. The van der Waals surface area contributed by atoms with Crippen LogP contribution < -0.4 is 5.32 Å². The summed E-state index contributed by atoms with van der Waals surface area (Å²) in [6, 6.07) is -0.732. The highest BCUT2D eigenvalue weighted by Gasteiger charge is 2.48. The molecule has 0 radical (unpaired) electrons. The van der Waals surface area contributed by atoms with Crippen molar-refractivity contribution >= 4 is 17.8 Å². The quantitative estimate of drug-likeness (QED) is 0.647. The molecule has 8 nitrogen and oxygen atoms in total. The van der Waals surface area contributed by atoms with Crippen LogP contribution in [0, 0.1) is 0 Å². The first-order chi connectivity index (χ1) is 9.22. The number of ether oxygens (including phenoxy) is 3. The minimum absolute atomic E-state index is 0.361. The minimum atomic E-state index is -1.44. The first kappa shape index (κ1) is 16.4. The Morgan fingerprint density at radius 1 is 1.05 bits per heavy atom. The van der Waals surface area contributed by atoms with Gasteiger partial charge in [-0.15, -0.1) is 0 Å². The zero-order valence-corrected chi connectivity index (χ0v) is 11.8. The van der Waals surface area contributed by atoms with E-state index in [1.807, 2.05) is 0 Å². The van der Waals surface area contributed by atoms with Crippen molar-refractivity contribution in [1.29, 1.82) is 0 Å². The Morgan fingerprint density at radius 2 is 1.55 bits per heavy atom. The van der Waals surface area contributed by atoms with Gasteiger partial charge in [0.1, 0.15) is 0 Å². The van der Waals surface area contributed by atoms with Crippen LogP contribution in [-0.4, -0.2) is 53.6 Å². The Balaban J connectivity index is 3.01. The number of aliphatic hydroxyl groups is 1. The molecule has 0 bridgehead atoms. The van der Waals surface area contributed by atoms with E-state index in [4.69, 9.17) is 14.2 Å². The van der Waals surface area contributed by atoms with Crippen molar-refractivity contribution in [3.8, 4) is 0 Å². The predicted molar refractivity (Wildman–Crippen MR) is 65.3 cm³/mol. The molecule has 1 heterocycles. The maximum atomic E-state index is 11.2. The van der Waals surface area contributed by atoms with Gasteiger partial charge in [0.25, 0.3) is 0 Å². The fraction of sp³-hybridized carbons (Fsp3) is 0.750. The van der Waals surface area contributed by atoms with Crippen molar-refractivity contribution in [3.63, 3.8) is 0 Å². The van der Waals surface area contributed by atoms with Gasteiger partial charge in [-0.05, 0) is 6.92 Å². The van der Waals surface area contributed by atoms with Gasteiger partial charge in [0.2, 0.25) is 5.91 Å². The zero-order chi connectivity index (χ0) is 15.4. The van der Waals surface area contributed by atoms with Gasteiger partial charge in [-0.25, -0.2) is 0 Å². The molecule has 2 N–H and O–H groups in total. The van der Waals surface area contributed by atoms with Crippen LogP contribution >= 0.6 is 0 Å². The van der Waals surface area contributed by atoms with Gasteiger partial charge in [-0.1, -0.05) is 0 Å². The molecule has 1 rings (SSSR count). The van der Waals surface area contributed by atoms with Crippen LogP contribution in [0.2, 0.25) is 0 Å². The Labute approximate surface area is 116 Å². The lowest BCUT2D eigenvalue weighted by Gasteiger charge is -2.42. The normalized spacial score (nSPS) is 33.1. The summed E-state index contributed by atoms with van der Waals surface area (Å²) in [4.78, 5) is 33.5. The Kier molecular flexibility index (Phi) is 5.46. The molecule has 0 aromatic heterocycles. The van der Waals surface area contributed by atoms with E-state index in [-0.39, 0.29) is 5.91 Å². The van der Waals surface area contributed by atoms with Crippen molar-refractivity contribution in [1.82, 2.24) is 5.32 Å². The topological polar surface area (TPSA) is 111 Å². The molecule has 1 saturated heterocycles. The lowest BCUT2D eigenvalue weighted by Crippen LogP contribution is -2.64. The highest BCUT2D eigenvalue weighted by molar-refractivity contribution is 5.73. The lowest BCUT2D eigenvalue weighted by molar-refractivity contribution is -0.264. The number of carbonyl (C=O) groups excluding carboxylic acids is 3. The largest absolute Gasteiger partial charge is 0.456 e. The number of hydrogen-bond acceptors (Lipinski definition) is 7. The lowest BCUT2D eigenvalue weighted by atomic mass is 9.96. The second kappa shape index (κ2) is 6.67. The summed E-state index contributed by atoms with van der Waals surface area (Å²) in [5.41, 5.74) is 0. The fourth-order valence-electron chi connectivity index (χ4n) is 2.10. The van der Waals surface area contributed by atoms with Gasteiger partial charge in [-0.2, -0.15) is 0 Å². The number of rotatable bonds is 3. The number of esters is 2. The van der Waals surface area contributed by atoms with Crippen molar-refractivity contribution < 1.29 is 33.7 Å². The molecule has 8 heteroatoms. The van der Waals surface area contributed by atoms with Gasteiger partial charge < -0.3 is 24.6 Å². The van der Waals surface area contributed by atoms with Crippen LogP contribution in [0.4, 0.5) is 0 Å². The summed E-state index contributed by atoms with van der Waals surface area (Å²) < 4.78 is 15.2. The number of carbonyl (C=O) groups is 3. The molecule has 0 aromatic rings. The molecule has 1 amide bonds. The summed E-state index contributed by atoms with van der Waals surface area (Å²) in [6.45, 7) is 5.24. The molecule has 0 aromatic carbocycles. The first-order valence-corrected chi connectivity index (χ1v) is 6.17. The Morgan fingerprint density at radius 3 is 2.00 bits per heavy atom. The summed E-state index contributed by atoms with van der Waals surface area (Å²) in [5.74, 6) is -1.64. The highest BCUT2D eigenvalue weighted by Crippen LogP contribution is 2.25. The Hall–Kier alpha value is -1.67. The molecule has 0 aliphatic carbocycles. The average Bonchev–Trinajstić information content (AvgIpc) is 2.27. The van der Waals surface area contributed by atoms with Crippen LogP contribution in [0.25, 0.3) is 0 Å². The van der Waals surface area contributed by atoms with Crippen LogP contribution in [0.1, 0.15) is 27.7 Å². The van der Waals surface area contributed by atoms with Crippen molar-refractivity contribution in [3.05, 3.63) is 0 Å². The van der Waals surface area contributed by atoms with Gasteiger partial charge in [-0.3, -0.25) is 14.4 Å². The number of hydrogen-bond donors (Lipinski definition) is 2. The summed E-state index contributed by atoms with van der Waals surface area (Å²) in [6.07, 6.45) is -4.29. The fourth-order valence-corrected chi connectivity index (χ4v) is 2.10. The van der Waals surface area contributed by atoms with Crippen LogP contribution in [0.15, 0.2) is 0 Å². The average molecular weight is 289 g/mol. The van der Waals surface area contributed by atoms with E-state index in [9.17, 15) is 19.5 Å². The number of aliphatic hydroxyl groups excluding tert-OH is 1. The number of nitrogens with one attached hydrogen (secondary N) is 1. The van der Waals surface area contributed by atoms with E-state index < -0.39 is 42.6 Å². The van der Waals surface area contributed by atoms with Crippen molar-refractivity contribution in [2.45, 2.75) is 58.3 Å². The van der Waals surface area contributed by atoms with Gasteiger partial charge in [0, 0.05) is 20.8 Å². The van der Waals surface area contributed by atoms with Gasteiger partial charge >= 0.3 is 11.9 Å². The van der Waals surface area contributed by atoms with Crippen LogP contribution in [0.5, 0.6) is 0 Å². The van der Waals surface area contributed by atoms with Crippen LogP contribution in [-0.2, 0) is 28.6 Å². The molecular formula is C12H19NO7. The summed E-state index contributed by atoms with van der Waals surface area (Å²) in [7, 11) is 0. The molecule has 0 saturated carbocycles. The van der Waals surface area contributed by atoms with Crippen LogP contribution in [0.3, 0.4) is 0 Å². The molecule has 1 unspecified atom stereocenters. The number of amides is 1. The standard InChI is InChI=1S/C12H19NO7/c1-5-9(13-6(2)14)10(19-7(3)15)11(12(17)18-5)20-8(4)16/h5,9-12,17H,1-4H3,(H,13,14)/t5-,9-,10+,11+,12?/m1/s1. The second-order valence-electron chi connectivity index (χ2n) is 4.61. The smallest absolute Gasteiger partial charge is 0.303 e. The molecule has 114 valence electrons. The molecule has 1 aliphatic heterocycles. The van der Waals surface area contributed by atoms with E-state index >= 15 is 0 Å². The first-order valence-electron chi connectivity index (χ1n) is 6.17. The SMILES string of the molecule is CC(=O)N[C@H]1[C@H](OC(C)=O)[C@H](OC(C)=O)C(O)O[C@@H]1C. The van der Waals surface area contributed by atoms with E-state index in [1.165, 1.54) is 13.8 Å². The molecule has 20 heavy (non-hydrogen) atoms. The second-order valence-corrected chi connectivity index (χ2v) is 4.61. The third kappa shape index (κ3) is 4.17. The molecular weight excluding hydrogens is 270 g/mol. The van der Waals surface area contributed by atoms with E-state index in [2.05, 4.69) is 5.32 Å².